The van der Waals surface area contributed by atoms with Gasteiger partial charge in [-0.1, -0.05) is 0 Å². The molecule has 0 saturated heterocycles. The Labute approximate surface area is 104 Å². The quantitative estimate of drug-likeness (QED) is 0.691. The maximum Gasteiger partial charge on any atom is 0.350 e. The Hall–Kier alpha value is -1.73. The second-order valence-electron chi connectivity index (χ2n) is 3.61. The molecule has 0 spiro atoms. The van der Waals surface area contributed by atoms with Crippen LogP contribution in [0, 0.1) is 0 Å². The normalized spacial score (nSPS) is 11.5. The van der Waals surface area contributed by atoms with Crippen molar-refractivity contribution in [1.29, 1.82) is 0 Å². The van der Waals surface area contributed by atoms with E-state index in [-0.39, 0.29) is 12.2 Å². The summed E-state index contributed by atoms with van der Waals surface area (Å²) >= 11 is 0. The molecule has 0 N–H and O–H groups in total. The lowest BCUT2D eigenvalue weighted by Gasteiger charge is -2.15. The number of fused-ring (bicyclic) bond motifs is 1. The summed E-state index contributed by atoms with van der Waals surface area (Å²) < 4.78 is 13.5. The minimum absolute atomic E-state index is 0.225. The highest BCUT2D eigenvalue weighted by Crippen LogP contribution is 1.99. The summed E-state index contributed by atoms with van der Waals surface area (Å²) in [5, 5.41) is 4.16. The molecule has 0 radical (unpaired) electrons. The molecule has 7 heteroatoms. The van der Waals surface area contributed by atoms with Crippen molar-refractivity contribution in [3.8, 4) is 0 Å². The number of nitrogens with zero attached hydrogens (tertiary/aromatic N) is 4. The van der Waals surface area contributed by atoms with E-state index in [9.17, 15) is 4.79 Å². The topological polar surface area (TPSA) is 70.6 Å². The second-order valence-corrected chi connectivity index (χ2v) is 3.61. The predicted molar refractivity (Wildman–Crippen MR) is 64.3 cm³/mol. The zero-order valence-electron chi connectivity index (χ0n) is 10.4. The van der Waals surface area contributed by atoms with Gasteiger partial charge in [-0.3, -0.25) is 4.98 Å². The van der Waals surface area contributed by atoms with Crippen molar-refractivity contribution in [1.82, 2.24) is 19.2 Å². The molecule has 0 saturated carbocycles. The third kappa shape index (κ3) is 2.57. The fourth-order valence-corrected chi connectivity index (χ4v) is 1.67. The van der Waals surface area contributed by atoms with Gasteiger partial charge in [0.2, 0.25) is 0 Å². The van der Waals surface area contributed by atoms with Crippen molar-refractivity contribution in [2.75, 3.05) is 13.2 Å². The third-order valence-electron chi connectivity index (χ3n) is 2.42. The van der Waals surface area contributed by atoms with Crippen LogP contribution in [-0.4, -0.2) is 38.7 Å². The van der Waals surface area contributed by atoms with Crippen LogP contribution in [0.15, 0.2) is 23.4 Å². The minimum atomic E-state index is -0.462. The largest absolute Gasteiger partial charge is 0.351 e. The molecule has 0 aliphatic rings. The van der Waals surface area contributed by atoms with Gasteiger partial charge < -0.3 is 9.47 Å². The Bertz CT molecular complexity index is 557. The standard InChI is InChI=1S/C11H16N4O3/c1-3-17-10(18-4-2)8-15-11(16)14-6-5-12-7-9(14)13-15/h5-7,10H,3-4,8H2,1-2H3. The third-order valence-corrected chi connectivity index (χ3v) is 2.42. The monoisotopic (exact) mass is 252 g/mol. The van der Waals surface area contributed by atoms with E-state index >= 15 is 0 Å². The summed E-state index contributed by atoms with van der Waals surface area (Å²) in [6.07, 6.45) is 4.20. The fourth-order valence-electron chi connectivity index (χ4n) is 1.67. The summed E-state index contributed by atoms with van der Waals surface area (Å²) in [5.74, 6) is 0. The zero-order chi connectivity index (χ0) is 13.0. The molecule has 2 aromatic heterocycles. The summed E-state index contributed by atoms with van der Waals surface area (Å²) in [5.41, 5.74) is 0.283. The summed E-state index contributed by atoms with van der Waals surface area (Å²) in [4.78, 5) is 15.9. The number of hydrogen-bond acceptors (Lipinski definition) is 5. The smallest absolute Gasteiger partial charge is 0.350 e. The molecule has 18 heavy (non-hydrogen) atoms. The first-order valence-corrected chi connectivity index (χ1v) is 5.88. The van der Waals surface area contributed by atoms with Crippen molar-refractivity contribution in [3.63, 3.8) is 0 Å². The molecule has 2 rings (SSSR count). The lowest BCUT2D eigenvalue weighted by molar-refractivity contribution is -0.145. The van der Waals surface area contributed by atoms with Crippen LogP contribution in [-0.2, 0) is 16.0 Å². The Morgan fingerprint density at radius 3 is 2.67 bits per heavy atom. The molecule has 2 heterocycles. The van der Waals surface area contributed by atoms with E-state index in [1.165, 1.54) is 15.3 Å². The van der Waals surface area contributed by atoms with Crippen LogP contribution in [0.4, 0.5) is 0 Å². The van der Waals surface area contributed by atoms with Gasteiger partial charge in [0.1, 0.15) is 0 Å². The van der Waals surface area contributed by atoms with Crippen LogP contribution in [0.25, 0.3) is 5.65 Å². The zero-order valence-corrected chi connectivity index (χ0v) is 10.4. The van der Waals surface area contributed by atoms with Crippen LogP contribution >= 0.6 is 0 Å². The minimum Gasteiger partial charge on any atom is -0.351 e. The molecular weight excluding hydrogens is 236 g/mol. The second kappa shape index (κ2) is 5.74. The predicted octanol–water partition coefficient (Wildman–Crippen LogP) is 0.290. The molecular formula is C11H16N4O3. The summed E-state index contributed by atoms with van der Waals surface area (Å²) in [7, 11) is 0. The molecule has 0 aromatic carbocycles. The van der Waals surface area contributed by atoms with Crippen molar-refractivity contribution in [2.24, 2.45) is 0 Å². The van der Waals surface area contributed by atoms with Crippen molar-refractivity contribution in [3.05, 3.63) is 29.1 Å². The van der Waals surface area contributed by atoms with E-state index in [1.807, 2.05) is 13.8 Å². The van der Waals surface area contributed by atoms with E-state index in [4.69, 9.17) is 9.47 Å². The first-order valence-electron chi connectivity index (χ1n) is 5.88. The molecule has 0 atom stereocenters. The van der Waals surface area contributed by atoms with Crippen LogP contribution in [0.1, 0.15) is 13.8 Å². The van der Waals surface area contributed by atoms with Gasteiger partial charge in [-0.15, -0.1) is 5.10 Å². The maximum absolute atomic E-state index is 12.0. The SMILES string of the molecule is CCOC(Cn1nc2cnccn2c1=O)OCC. The number of aromatic nitrogens is 4. The number of hydrogen-bond donors (Lipinski definition) is 0. The highest BCUT2D eigenvalue weighted by atomic mass is 16.7. The molecule has 2 aromatic rings. The Balaban J connectivity index is 2.25. The van der Waals surface area contributed by atoms with Gasteiger partial charge in [-0.25, -0.2) is 13.9 Å². The molecule has 0 aliphatic carbocycles. The first kappa shape index (κ1) is 12.7. The van der Waals surface area contributed by atoms with E-state index in [1.54, 1.807) is 12.4 Å². The average molecular weight is 252 g/mol. The van der Waals surface area contributed by atoms with Crippen LogP contribution < -0.4 is 5.69 Å². The lowest BCUT2D eigenvalue weighted by atomic mass is 10.6. The van der Waals surface area contributed by atoms with Crippen LogP contribution in [0.3, 0.4) is 0 Å². The number of rotatable bonds is 6. The van der Waals surface area contributed by atoms with E-state index in [2.05, 4.69) is 10.1 Å². The summed E-state index contributed by atoms with van der Waals surface area (Å²) in [6, 6.07) is 0. The summed E-state index contributed by atoms with van der Waals surface area (Å²) in [6.45, 7) is 5.07. The van der Waals surface area contributed by atoms with Gasteiger partial charge in [-0.05, 0) is 13.8 Å². The average Bonchev–Trinajstić information content (AvgIpc) is 2.68. The Morgan fingerprint density at radius 1 is 1.33 bits per heavy atom. The van der Waals surface area contributed by atoms with Gasteiger partial charge in [0.15, 0.2) is 11.9 Å². The Kier molecular flexibility index (Phi) is 4.06. The molecule has 98 valence electrons. The Morgan fingerprint density at radius 2 is 2.06 bits per heavy atom. The molecule has 0 fully saturated rings. The van der Waals surface area contributed by atoms with Gasteiger partial charge in [0.05, 0.1) is 12.7 Å². The van der Waals surface area contributed by atoms with E-state index in [0.717, 1.165) is 0 Å². The molecule has 0 aliphatic heterocycles. The maximum atomic E-state index is 12.0. The lowest BCUT2D eigenvalue weighted by Crippen LogP contribution is -2.30. The van der Waals surface area contributed by atoms with E-state index in [0.29, 0.717) is 18.9 Å². The van der Waals surface area contributed by atoms with Gasteiger partial charge in [0.25, 0.3) is 0 Å². The first-order chi connectivity index (χ1) is 8.76. The molecule has 7 nitrogen and oxygen atoms in total. The highest BCUT2D eigenvalue weighted by Gasteiger charge is 2.13. The van der Waals surface area contributed by atoms with Gasteiger partial charge >= 0.3 is 5.69 Å². The van der Waals surface area contributed by atoms with Gasteiger partial charge in [0, 0.05) is 25.6 Å². The van der Waals surface area contributed by atoms with Crippen molar-refractivity contribution >= 4 is 5.65 Å². The van der Waals surface area contributed by atoms with Gasteiger partial charge in [-0.2, -0.15) is 0 Å². The highest BCUT2D eigenvalue weighted by molar-refractivity contribution is 5.31. The molecule has 0 amide bonds. The van der Waals surface area contributed by atoms with Crippen LogP contribution in [0.5, 0.6) is 0 Å². The van der Waals surface area contributed by atoms with Crippen LogP contribution in [0.2, 0.25) is 0 Å². The van der Waals surface area contributed by atoms with Crippen molar-refractivity contribution < 1.29 is 9.47 Å². The number of ether oxygens (including phenoxy) is 2. The van der Waals surface area contributed by atoms with E-state index < -0.39 is 6.29 Å². The molecule has 0 bridgehead atoms. The van der Waals surface area contributed by atoms with Crippen molar-refractivity contribution in [2.45, 2.75) is 26.7 Å². The fraction of sp³-hybridized carbons (Fsp3) is 0.545. The molecule has 0 unspecified atom stereocenters.